The van der Waals surface area contributed by atoms with Gasteiger partial charge in [-0.2, -0.15) is 0 Å². The van der Waals surface area contributed by atoms with E-state index in [0.29, 0.717) is 17.2 Å². The van der Waals surface area contributed by atoms with Gasteiger partial charge < -0.3 is 0 Å². The predicted molar refractivity (Wildman–Crippen MR) is 222 cm³/mol. The summed E-state index contributed by atoms with van der Waals surface area (Å²) in [5, 5.41) is 8.70. The number of aromatic nitrogens is 4. The average Bonchev–Trinajstić information content (AvgIpc) is 3.26. The van der Waals surface area contributed by atoms with Crippen molar-refractivity contribution in [3.8, 4) is 56.2 Å². The summed E-state index contributed by atoms with van der Waals surface area (Å²) in [6.07, 6.45) is 9.42. The molecule has 0 aliphatic carbocycles. The highest BCUT2D eigenvalue weighted by atomic mass is 14.9. The van der Waals surface area contributed by atoms with Crippen LogP contribution in [0.25, 0.3) is 67.8 Å². The molecule has 0 fully saturated rings. The van der Waals surface area contributed by atoms with Crippen molar-refractivity contribution in [2.75, 3.05) is 0 Å². The molecule has 0 saturated carbocycles. The molecule has 0 atom stereocenters. The van der Waals surface area contributed by atoms with Crippen LogP contribution in [0.1, 0.15) is 17.0 Å². The molecule has 0 aliphatic heterocycles. The lowest BCUT2D eigenvalue weighted by Crippen LogP contribution is -1.98. The standard InChI is InChI=1S/C49H35N5/c50-45(46-22-12-13-30-52-46)33-40(35-14-4-1-5-15-35)27-28-42-32-41(29-31-51-42)44-21-11-10-20-43(44)36-23-25-39(26-24-36)49-53-47(37-16-6-2-7-17-37)34-48(54-49)38-18-8-3-9-19-38/h1-34,50H/b28-27+,40-33+,50-45?. The van der Waals surface area contributed by atoms with Crippen LogP contribution in [-0.4, -0.2) is 25.6 Å². The summed E-state index contributed by atoms with van der Waals surface area (Å²) >= 11 is 0. The van der Waals surface area contributed by atoms with Gasteiger partial charge in [-0.25, -0.2) is 9.97 Å². The number of benzene rings is 5. The topological polar surface area (TPSA) is 75.4 Å². The molecular weight excluding hydrogens is 659 g/mol. The van der Waals surface area contributed by atoms with Gasteiger partial charge >= 0.3 is 0 Å². The fourth-order valence-electron chi connectivity index (χ4n) is 6.37. The molecule has 0 unspecified atom stereocenters. The minimum absolute atomic E-state index is 0.341. The predicted octanol–water partition coefficient (Wildman–Crippen LogP) is 11.8. The van der Waals surface area contributed by atoms with Crippen LogP contribution in [0, 0.1) is 5.41 Å². The first-order chi connectivity index (χ1) is 26.7. The van der Waals surface area contributed by atoms with Gasteiger partial charge in [0.2, 0.25) is 0 Å². The van der Waals surface area contributed by atoms with E-state index in [1.807, 2.05) is 115 Å². The molecule has 0 saturated heterocycles. The normalized spacial score (nSPS) is 11.4. The summed E-state index contributed by atoms with van der Waals surface area (Å²) in [4.78, 5) is 19.1. The molecule has 3 heterocycles. The summed E-state index contributed by atoms with van der Waals surface area (Å²) < 4.78 is 0. The lowest BCUT2D eigenvalue weighted by atomic mass is 9.94. The van der Waals surface area contributed by atoms with E-state index in [4.69, 9.17) is 15.4 Å². The van der Waals surface area contributed by atoms with E-state index in [9.17, 15) is 0 Å². The van der Waals surface area contributed by atoms with E-state index < -0.39 is 0 Å². The number of allylic oxidation sites excluding steroid dienone is 3. The Hall–Kier alpha value is -7.37. The quantitative estimate of drug-likeness (QED) is 0.114. The van der Waals surface area contributed by atoms with Gasteiger partial charge in [-0.15, -0.1) is 0 Å². The molecule has 0 aliphatic rings. The summed E-state index contributed by atoms with van der Waals surface area (Å²) in [5.74, 6) is 0.680. The molecule has 0 bridgehead atoms. The van der Waals surface area contributed by atoms with E-state index in [1.165, 1.54) is 0 Å². The first kappa shape index (κ1) is 33.8. The van der Waals surface area contributed by atoms with E-state index in [2.05, 4.69) is 94.9 Å². The number of hydrogen-bond donors (Lipinski definition) is 1. The van der Waals surface area contributed by atoms with Crippen molar-refractivity contribution in [2.45, 2.75) is 0 Å². The van der Waals surface area contributed by atoms with Crippen LogP contribution in [0.5, 0.6) is 0 Å². The Bertz CT molecular complexity index is 2520. The van der Waals surface area contributed by atoms with Crippen LogP contribution in [0.3, 0.4) is 0 Å². The summed E-state index contributed by atoms with van der Waals surface area (Å²) in [6.45, 7) is 0. The number of pyridine rings is 2. The summed E-state index contributed by atoms with van der Waals surface area (Å²) in [7, 11) is 0. The fourth-order valence-corrected chi connectivity index (χ4v) is 6.37. The van der Waals surface area contributed by atoms with E-state index in [-0.39, 0.29) is 0 Å². The number of rotatable bonds is 10. The molecule has 0 amide bonds. The number of hydrogen-bond acceptors (Lipinski definition) is 5. The lowest BCUT2D eigenvalue weighted by molar-refractivity contribution is 1.18. The lowest BCUT2D eigenvalue weighted by Gasteiger charge is -2.12. The zero-order valence-corrected chi connectivity index (χ0v) is 29.4. The molecule has 54 heavy (non-hydrogen) atoms. The molecule has 8 aromatic rings. The zero-order chi connectivity index (χ0) is 36.5. The third-order valence-electron chi connectivity index (χ3n) is 9.12. The van der Waals surface area contributed by atoms with Crippen LogP contribution in [-0.2, 0) is 0 Å². The maximum atomic E-state index is 8.70. The van der Waals surface area contributed by atoms with Gasteiger partial charge in [0, 0.05) is 29.1 Å². The summed E-state index contributed by atoms with van der Waals surface area (Å²) in [5.41, 5.74) is 12.9. The van der Waals surface area contributed by atoms with E-state index >= 15 is 0 Å². The van der Waals surface area contributed by atoms with Gasteiger partial charge in [0.15, 0.2) is 5.82 Å². The first-order valence-corrected chi connectivity index (χ1v) is 17.8. The van der Waals surface area contributed by atoms with Gasteiger partial charge in [0.1, 0.15) is 0 Å². The second kappa shape index (κ2) is 15.9. The SMILES string of the molecule is N=C(/C=C(\C=C\c1cc(-c2ccccc2-c2ccc(-c3nc(-c4ccccc4)cc(-c4ccccc4)n3)cc2)ccn1)c1ccccc1)c1ccccn1. The van der Waals surface area contributed by atoms with Crippen molar-refractivity contribution in [3.63, 3.8) is 0 Å². The van der Waals surface area contributed by atoms with Gasteiger partial charge in [-0.05, 0) is 75.9 Å². The number of nitrogens with zero attached hydrogens (tertiary/aromatic N) is 4. The highest BCUT2D eigenvalue weighted by Crippen LogP contribution is 2.34. The van der Waals surface area contributed by atoms with Crippen molar-refractivity contribution in [1.29, 1.82) is 5.41 Å². The minimum Gasteiger partial charge on any atom is -0.299 e. The average molecular weight is 694 g/mol. The van der Waals surface area contributed by atoms with Crippen LogP contribution < -0.4 is 0 Å². The Balaban J connectivity index is 1.10. The second-order valence-electron chi connectivity index (χ2n) is 12.7. The van der Waals surface area contributed by atoms with Crippen LogP contribution in [0.2, 0.25) is 0 Å². The van der Waals surface area contributed by atoms with Crippen molar-refractivity contribution < 1.29 is 0 Å². The highest BCUT2D eigenvalue weighted by molar-refractivity contribution is 6.10. The van der Waals surface area contributed by atoms with Crippen molar-refractivity contribution in [3.05, 3.63) is 217 Å². The molecule has 1 N–H and O–H groups in total. The smallest absolute Gasteiger partial charge is 0.160 e. The van der Waals surface area contributed by atoms with Crippen LogP contribution in [0.4, 0.5) is 0 Å². The van der Waals surface area contributed by atoms with Gasteiger partial charge in [0.25, 0.3) is 0 Å². The molecule has 256 valence electrons. The molecule has 0 radical (unpaired) electrons. The molecule has 5 nitrogen and oxygen atoms in total. The Morgan fingerprint density at radius 3 is 1.67 bits per heavy atom. The Morgan fingerprint density at radius 1 is 0.463 bits per heavy atom. The van der Waals surface area contributed by atoms with Crippen LogP contribution in [0.15, 0.2) is 200 Å². The molecular formula is C49H35N5. The maximum absolute atomic E-state index is 8.70. The number of nitrogens with one attached hydrogen (secondary N) is 1. The molecule has 3 aromatic heterocycles. The molecule has 0 spiro atoms. The summed E-state index contributed by atoms with van der Waals surface area (Å²) in [6, 6.07) is 59.3. The van der Waals surface area contributed by atoms with Crippen LogP contribution >= 0.6 is 0 Å². The van der Waals surface area contributed by atoms with Gasteiger partial charge in [-0.3, -0.25) is 15.4 Å². The Labute approximate surface area is 315 Å². The van der Waals surface area contributed by atoms with Gasteiger partial charge in [0.05, 0.1) is 28.5 Å². The third-order valence-corrected chi connectivity index (χ3v) is 9.12. The monoisotopic (exact) mass is 693 g/mol. The van der Waals surface area contributed by atoms with Crippen molar-refractivity contribution in [1.82, 2.24) is 19.9 Å². The third kappa shape index (κ3) is 7.76. The highest BCUT2D eigenvalue weighted by Gasteiger charge is 2.13. The zero-order valence-electron chi connectivity index (χ0n) is 29.4. The van der Waals surface area contributed by atoms with Gasteiger partial charge in [-0.1, -0.05) is 152 Å². The van der Waals surface area contributed by atoms with Crippen molar-refractivity contribution in [2.24, 2.45) is 0 Å². The Kier molecular flexibility index (Phi) is 9.93. The largest absolute Gasteiger partial charge is 0.299 e. The van der Waals surface area contributed by atoms with Crippen molar-refractivity contribution >= 4 is 17.4 Å². The maximum Gasteiger partial charge on any atom is 0.160 e. The first-order valence-electron chi connectivity index (χ1n) is 17.8. The van der Waals surface area contributed by atoms with E-state index in [0.717, 1.165) is 67.2 Å². The Morgan fingerprint density at radius 2 is 1.04 bits per heavy atom. The molecule has 5 aromatic carbocycles. The van der Waals surface area contributed by atoms with E-state index in [1.54, 1.807) is 6.20 Å². The minimum atomic E-state index is 0.341. The second-order valence-corrected chi connectivity index (χ2v) is 12.7. The molecule has 8 rings (SSSR count). The fraction of sp³-hybridized carbons (Fsp3) is 0. The molecule has 5 heteroatoms.